The lowest BCUT2D eigenvalue weighted by atomic mass is 10.2. The maximum Gasteiger partial charge on any atom is 0.0858 e. The molecule has 0 radical (unpaired) electrons. The molecule has 0 saturated carbocycles. The minimum absolute atomic E-state index is 0.629. The molecular formula is C14H22N4. The molecule has 0 amide bonds. The second-order valence-electron chi connectivity index (χ2n) is 3.52. The number of hydrogen-bond donors (Lipinski definition) is 2. The lowest BCUT2D eigenvalue weighted by molar-refractivity contribution is 0.886. The van der Waals surface area contributed by atoms with Gasteiger partial charge in [-0.25, -0.2) is 0 Å². The van der Waals surface area contributed by atoms with Crippen molar-refractivity contribution < 1.29 is 0 Å². The molecule has 0 aromatic heterocycles. The van der Waals surface area contributed by atoms with Crippen LogP contribution >= 0.6 is 0 Å². The van der Waals surface area contributed by atoms with Crippen molar-refractivity contribution in [3.63, 3.8) is 0 Å². The van der Waals surface area contributed by atoms with Crippen LogP contribution < -0.4 is 11.5 Å². The van der Waals surface area contributed by atoms with Gasteiger partial charge < -0.3 is 11.5 Å². The summed E-state index contributed by atoms with van der Waals surface area (Å²) in [7, 11) is 0. The van der Waals surface area contributed by atoms with Crippen molar-refractivity contribution in [1.29, 1.82) is 0 Å². The van der Waals surface area contributed by atoms with Gasteiger partial charge in [-0.05, 0) is 37.1 Å². The summed E-state index contributed by atoms with van der Waals surface area (Å²) in [6.07, 6.45) is 1.35. The van der Waals surface area contributed by atoms with Crippen LogP contribution in [0.15, 0.2) is 59.0 Å². The maximum absolute atomic E-state index is 5.55. The number of hydrogen-bond acceptors (Lipinski definition) is 4. The third-order valence-corrected chi connectivity index (χ3v) is 1.93. The summed E-state index contributed by atoms with van der Waals surface area (Å²) < 4.78 is 0. The number of allylic oxidation sites excluding steroid dienone is 2. The number of azo groups is 1. The topological polar surface area (TPSA) is 76.8 Å². The van der Waals surface area contributed by atoms with Crippen molar-refractivity contribution in [2.45, 2.75) is 26.7 Å². The average Bonchev–Trinajstić information content (AvgIpc) is 2.38. The molecule has 1 rings (SSSR count). The quantitative estimate of drug-likeness (QED) is 0.605. The highest BCUT2D eigenvalue weighted by atomic mass is 15.1. The molecule has 4 nitrogen and oxygen atoms in total. The van der Waals surface area contributed by atoms with E-state index in [4.69, 9.17) is 11.5 Å². The highest BCUT2D eigenvalue weighted by Crippen LogP contribution is 2.16. The first-order valence-electron chi connectivity index (χ1n) is 5.96. The molecule has 18 heavy (non-hydrogen) atoms. The second kappa shape index (κ2) is 8.98. The van der Waals surface area contributed by atoms with Crippen LogP contribution in [0, 0.1) is 0 Å². The van der Waals surface area contributed by atoms with Gasteiger partial charge in [0.2, 0.25) is 0 Å². The van der Waals surface area contributed by atoms with E-state index < -0.39 is 0 Å². The lowest BCUT2D eigenvalue weighted by Crippen LogP contribution is -1.94. The second-order valence-corrected chi connectivity index (χ2v) is 3.52. The summed E-state index contributed by atoms with van der Waals surface area (Å²) in [6.45, 7) is 11.4. The van der Waals surface area contributed by atoms with E-state index in [9.17, 15) is 0 Å². The number of nitrogens with zero attached hydrogens (tertiary/aromatic N) is 2. The van der Waals surface area contributed by atoms with E-state index in [1.165, 1.54) is 0 Å². The number of rotatable bonds is 5. The van der Waals surface area contributed by atoms with Gasteiger partial charge >= 0.3 is 0 Å². The molecule has 0 aliphatic heterocycles. The van der Waals surface area contributed by atoms with Crippen LogP contribution in [0.3, 0.4) is 0 Å². The van der Waals surface area contributed by atoms with E-state index in [1.807, 2.05) is 13.8 Å². The molecule has 0 saturated heterocycles. The fourth-order valence-corrected chi connectivity index (χ4v) is 1.02. The molecule has 0 fully saturated rings. The van der Waals surface area contributed by atoms with Crippen LogP contribution in [-0.4, -0.2) is 0 Å². The van der Waals surface area contributed by atoms with Gasteiger partial charge in [-0.2, -0.15) is 10.2 Å². The minimum atomic E-state index is 0.629. The Kier molecular flexibility index (Phi) is 7.94. The van der Waals surface area contributed by atoms with Crippen molar-refractivity contribution in [1.82, 2.24) is 0 Å². The van der Waals surface area contributed by atoms with Gasteiger partial charge in [0.1, 0.15) is 0 Å². The zero-order chi connectivity index (χ0) is 14.0. The van der Waals surface area contributed by atoms with E-state index in [2.05, 4.69) is 23.4 Å². The molecular weight excluding hydrogens is 224 g/mol. The molecule has 0 spiro atoms. The Hall–Kier alpha value is -2.10. The molecule has 4 heteroatoms. The van der Waals surface area contributed by atoms with E-state index in [1.54, 1.807) is 24.3 Å². The van der Waals surface area contributed by atoms with Gasteiger partial charge in [-0.1, -0.05) is 27.0 Å². The van der Waals surface area contributed by atoms with Crippen LogP contribution in [0.1, 0.15) is 26.7 Å². The predicted molar refractivity (Wildman–Crippen MR) is 78.4 cm³/mol. The molecule has 0 aliphatic carbocycles. The average molecular weight is 246 g/mol. The third kappa shape index (κ3) is 7.22. The summed E-state index contributed by atoms with van der Waals surface area (Å²) in [5.41, 5.74) is 13.8. The summed E-state index contributed by atoms with van der Waals surface area (Å²) in [6, 6.07) is 7.15. The SMILES string of the molecule is C=C(N)CCC(=C)N=Nc1ccc(N)cc1.CC. The normalized spacial score (nSPS) is 9.67. The van der Waals surface area contributed by atoms with Crippen LogP contribution in [0.25, 0.3) is 0 Å². The first-order chi connectivity index (χ1) is 8.58. The summed E-state index contributed by atoms with van der Waals surface area (Å²) >= 11 is 0. The highest BCUT2D eigenvalue weighted by Gasteiger charge is 1.94. The van der Waals surface area contributed by atoms with Gasteiger partial charge in [0.15, 0.2) is 0 Å². The molecule has 4 N–H and O–H groups in total. The fourth-order valence-electron chi connectivity index (χ4n) is 1.02. The van der Waals surface area contributed by atoms with Crippen molar-refractivity contribution in [3.05, 3.63) is 48.8 Å². The first-order valence-corrected chi connectivity index (χ1v) is 5.96. The monoisotopic (exact) mass is 246 g/mol. The fraction of sp³-hybridized carbons (Fsp3) is 0.286. The molecule has 1 aromatic rings. The van der Waals surface area contributed by atoms with Crippen molar-refractivity contribution >= 4 is 11.4 Å². The molecule has 0 atom stereocenters. The highest BCUT2D eigenvalue weighted by molar-refractivity contribution is 5.47. The van der Waals surface area contributed by atoms with E-state index in [0.29, 0.717) is 29.9 Å². The number of nitrogens with two attached hydrogens (primary N) is 2. The van der Waals surface area contributed by atoms with Crippen LogP contribution in [0.4, 0.5) is 11.4 Å². The number of anilines is 1. The Bertz CT molecular complexity index is 404. The Balaban J connectivity index is 0.00000137. The van der Waals surface area contributed by atoms with E-state index >= 15 is 0 Å². The zero-order valence-electron chi connectivity index (χ0n) is 11.2. The lowest BCUT2D eigenvalue weighted by Gasteiger charge is -1.98. The largest absolute Gasteiger partial charge is 0.403 e. The Morgan fingerprint density at radius 3 is 2.17 bits per heavy atom. The Morgan fingerprint density at radius 2 is 1.67 bits per heavy atom. The van der Waals surface area contributed by atoms with E-state index in [-0.39, 0.29) is 0 Å². The summed E-state index contributed by atoms with van der Waals surface area (Å²) in [5, 5.41) is 8.01. The van der Waals surface area contributed by atoms with Crippen LogP contribution in [0.5, 0.6) is 0 Å². The van der Waals surface area contributed by atoms with Gasteiger partial charge in [-0.15, -0.1) is 0 Å². The molecule has 0 bridgehead atoms. The van der Waals surface area contributed by atoms with Crippen molar-refractivity contribution in [3.8, 4) is 0 Å². The number of benzene rings is 1. The van der Waals surface area contributed by atoms with Crippen LogP contribution in [-0.2, 0) is 0 Å². The van der Waals surface area contributed by atoms with Gasteiger partial charge in [0, 0.05) is 11.4 Å². The molecule has 0 unspecified atom stereocenters. The maximum atomic E-state index is 5.55. The van der Waals surface area contributed by atoms with Crippen molar-refractivity contribution in [2.75, 3.05) is 5.73 Å². The minimum Gasteiger partial charge on any atom is -0.403 e. The van der Waals surface area contributed by atoms with E-state index in [0.717, 1.165) is 5.69 Å². The smallest absolute Gasteiger partial charge is 0.0858 e. The molecule has 98 valence electrons. The van der Waals surface area contributed by atoms with Crippen molar-refractivity contribution in [2.24, 2.45) is 16.0 Å². The van der Waals surface area contributed by atoms with Gasteiger partial charge in [-0.3, -0.25) is 0 Å². The molecule has 1 aromatic carbocycles. The zero-order valence-corrected chi connectivity index (χ0v) is 11.2. The third-order valence-electron chi connectivity index (χ3n) is 1.93. The summed E-state index contributed by atoms with van der Waals surface area (Å²) in [5.74, 6) is 0. The number of nitrogen functional groups attached to an aromatic ring is 1. The first kappa shape index (κ1) is 15.9. The molecule has 0 heterocycles. The molecule has 0 aliphatic rings. The Morgan fingerprint density at radius 1 is 1.11 bits per heavy atom. The van der Waals surface area contributed by atoms with Gasteiger partial charge in [0.05, 0.1) is 11.4 Å². The standard InChI is InChI=1S/C12H16N4.C2H6/c1-9(13)3-4-10(2)15-16-12-7-5-11(14)6-8-12;1-2/h5-8H,1-4,13-14H2;1-2H3. The predicted octanol–water partition coefficient (Wildman–Crippen LogP) is 4.15. The van der Waals surface area contributed by atoms with Gasteiger partial charge in [0.25, 0.3) is 0 Å². The Labute approximate surface area is 109 Å². The van der Waals surface area contributed by atoms with Crippen LogP contribution in [0.2, 0.25) is 0 Å². The summed E-state index contributed by atoms with van der Waals surface area (Å²) in [4.78, 5) is 0.